The Balaban J connectivity index is 2.28. The number of unbranched alkanes of at least 4 members (excludes halogenated alkanes) is 2. The maximum atomic E-state index is 13.5. The lowest BCUT2D eigenvalue weighted by atomic mass is 10.2. The topological polar surface area (TPSA) is 60.9 Å². The lowest BCUT2D eigenvalue weighted by Gasteiger charge is -2.30. The van der Waals surface area contributed by atoms with Crippen molar-refractivity contribution < 1.29 is 13.5 Å². The van der Waals surface area contributed by atoms with Gasteiger partial charge < -0.3 is 10.0 Å². The monoisotopic (exact) mass is 446 g/mol. The molecule has 0 saturated carbocycles. The molecule has 6 heteroatoms. The Hall–Kier alpha value is -1.89. The number of sulfonamides is 1. The third-order valence-electron chi connectivity index (χ3n) is 5.43. The zero-order chi connectivity index (χ0) is 22.9. The fraction of sp³-hybridized carbons (Fsp3) is 0.520. The van der Waals surface area contributed by atoms with Gasteiger partial charge in [-0.25, -0.2) is 8.42 Å². The van der Waals surface area contributed by atoms with Gasteiger partial charge in [0.05, 0.1) is 23.2 Å². The second-order valence-electron chi connectivity index (χ2n) is 8.35. The zero-order valence-corrected chi connectivity index (χ0v) is 20.2. The zero-order valence-electron chi connectivity index (χ0n) is 19.4. The van der Waals surface area contributed by atoms with E-state index in [0.29, 0.717) is 12.2 Å². The van der Waals surface area contributed by atoms with Crippen LogP contribution < -0.4 is 4.31 Å². The molecule has 0 amide bonds. The molecule has 0 radical (unpaired) electrons. The molecule has 2 aromatic rings. The van der Waals surface area contributed by atoms with E-state index in [9.17, 15) is 13.5 Å². The summed E-state index contributed by atoms with van der Waals surface area (Å²) >= 11 is 0. The molecule has 0 aromatic heterocycles. The third-order valence-corrected chi connectivity index (χ3v) is 7.24. The van der Waals surface area contributed by atoms with Gasteiger partial charge in [0.1, 0.15) is 0 Å². The van der Waals surface area contributed by atoms with Crippen LogP contribution in [0.25, 0.3) is 0 Å². The SMILES string of the molecule is CCCCN(CCCC)C[C@H](O)CN(c1ccc(C)cc1)S(=O)(=O)c1ccc(C)cc1. The quantitative estimate of drug-likeness (QED) is 0.482. The molecule has 0 heterocycles. The fourth-order valence-electron chi connectivity index (χ4n) is 3.50. The van der Waals surface area contributed by atoms with E-state index in [1.807, 2.05) is 26.0 Å². The van der Waals surface area contributed by atoms with E-state index < -0.39 is 16.1 Å². The van der Waals surface area contributed by atoms with Crippen LogP contribution in [0.5, 0.6) is 0 Å². The van der Waals surface area contributed by atoms with Gasteiger partial charge in [0.25, 0.3) is 10.0 Å². The van der Waals surface area contributed by atoms with E-state index in [-0.39, 0.29) is 11.4 Å². The normalized spacial score (nSPS) is 12.8. The molecule has 1 atom stereocenters. The van der Waals surface area contributed by atoms with E-state index in [1.165, 1.54) is 4.31 Å². The first-order valence-electron chi connectivity index (χ1n) is 11.3. The number of hydrogen-bond acceptors (Lipinski definition) is 4. The summed E-state index contributed by atoms with van der Waals surface area (Å²) in [5.74, 6) is 0. The molecule has 0 aliphatic carbocycles. The van der Waals surface area contributed by atoms with Crippen LogP contribution in [-0.2, 0) is 10.0 Å². The second-order valence-corrected chi connectivity index (χ2v) is 10.2. The predicted molar refractivity (Wildman–Crippen MR) is 129 cm³/mol. The van der Waals surface area contributed by atoms with Crippen LogP contribution in [-0.4, -0.2) is 50.7 Å². The summed E-state index contributed by atoms with van der Waals surface area (Å²) in [6.07, 6.45) is 3.54. The van der Waals surface area contributed by atoms with Crippen LogP contribution in [0, 0.1) is 13.8 Å². The Labute approximate surface area is 188 Å². The summed E-state index contributed by atoms with van der Waals surface area (Å²) in [7, 11) is -3.79. The minimum absolute atomic E-state index is 0.0218. The molecule has 1 N–H and O–H groups in total. The van der Waals surface area contributed by atoms with E-state index >= 15 is 0 Å². The second kappa shape index (κ2) is 12.2. The molecular weight excluding hydrogens is 408 g/mol. The van der Waals surface area contributed by atoms with Crippen molar-refractivity contribution >= 4 is 15.7 Å². The first-order valence-corrected chi connectivity index (χ1v) is 12.8. The molecule has 0 saturated heterocycles. The van der Waals surface area contributed by atoms with E-state index in [2.05, 4.69) is 18.7 Å². The Morgan fingerprint density at radius 2 is 1.29 bits per heavy atom. The number of nitrogens with zero attached hydrogens (tertiary/aromatic N) is 2. The summed E-state index contributed by atoms with van der Waals surface area (Å²) < 4.78 is 28.3. The van der Waals surface area contributed by atoms with Crippen molar-refractivity contribution in [1.29, 1.82) is 0 Å². The first-order chi connectivity index (χ1) is 14.8. The number of aliphatic hydroxyl groups excluding tert-OH is 1. The number of rotatable bonds is 13. The number of benzene rings is 2. The van der Waals surface area contributed by atoms with Crippen LogP contribution >= 0.6 is 0 Å². The highest BCUT2D eigenvalue weighted by Crippen LogP contribution is 2.25. The van der Waals surface area contributed by atoms with Crippen molar-refractivity contribution in [2.24, 2.45) is 0 Å². The highest BCUT2D eigenvalue weighted by molar-refractivity contribution is 7.92. The van der Waals surface area contributed by atoms with Crippen LogP contribution in [0.1, 0.15) is 50.7 Å². The number of aliphatic hydroxyl groups is 1. The largest absolute Gasteiger partial charge is 0.390 e. The van der Waals surface area contributed by atoms with E-state index in [4.69, 9.17) is 0 Å². The van der Waals surface area contributed by atoms with E-state index in [0.717, 1.165) is 49.9 Å². The Morgan fingerprint density at radius 1 is 0.806 bits per heavy atom. The summed E-state index contributed by atoms with van der Waals surface area (Å²) in [6.45, 7) is 10.5. The average molecular weight is 447 g/mol. The van der Waals surface area contributed by atoms with Gasteiger partial charge >= 0.3 is 0 Å². The molecule has 5 nitrogen and oxygen atoms in total. The summed E-state index contributed by atoms with van der Waals surface area (Å²) in [4.78, 5) is 2.49. The van der Waals surface area contributed by atoms with Crippen molar-refractivity contribution in [2.45, 2.75) is 64.4 Å². The third kappa shape index (κ3) is 7.63. The molecule has 31 heavy (non-hydrogen) atoms. The standard InChI is InChI=1S/C25H38N2O3S/c1-5-7-17-26(18-8-6-2)19-24(28)20-27(23-13-9-21(3)10-14-23)31(29,30)25-15-11-22(4)12-16-25/h9-16,24,28H,5-8,17-20H2,1-4H3/t24-/m0/s1. The molecule has 0 fully saturated rings. The lowest BCUT2D eigenvalue weighted by molar-refractivity contribution is 0.117. The van der Waals surface area contributed by atoms with Crippen LogP contribution in [0.3, 0.4) is 0 Å². The van der Waals surface area contributed by atoms with Crippen molar-refractivity contribution in [3.05, 3.63) is 59.7 Å². The maximum absolute atomic E-state index is 13.5. The fourth-order valence-corrected chi connectivity index (χ4v) is 5.00. The highest BCUT2D eigenvalue weighted by Gasteiger charge is 2.27. The van der Waals surface area contributed by atoms with Gasteiger partial charge in [-0.2, -0.15) is 0 Å². The van der Waals surface area contributed by atoms with Crippen molar-refractivity contribution in [3.8, 4) is 0 Å². The molecule has 0 spiro atoms. The molecule has 0 aliphatic rings. The molecule has 0 bridgehead atoms. The first kappa shape index (κ1) is 25.4. The van der Waals surface area contributed by atoms with Crippen LogP contribution in [0.4, 0.5) is 5.69 Å². The molecule has 0 aliphatic heterocycles. The number of hydrogen-bond donors (Lipinski definition) is 1. The Morgan fingerprint density at radius 3 is 1.77 bits per heavy atom. The number of anilines is 1. The van der Waals surface area contributed by atoms with Crippen molar-refractivity contribution in [3.63, 3.8) is 0 Å². The summed E-state index contributed by atoms with van der Waals surface area (Å²) in [5, 5.41) is 10.9. The molecular formula is C25H38N2O3S. The molecule has 2 rings (SSSR count). The molecule has 2 aromatic carbocycles. The lowest BCUT2D eigenvalue weighted by Crippen LogP contribution is -2.43. The van der Waals surface area contributed by atoms with Gasteiger partial charge in [0.2, 0.25) is 0 Å². The van der Waals surface area contributed by atoms with Crippen LogP contribution in [0.15, 0.2) is 53.4 Å². The Kier molecular flexibility index (Phi) is 10.0. The summed E-state index contributed by atoms with van der Waals surface area (Å²) in [6, 6.07) is 14.3. The van der Waals surface area contributed by atoms with Gasteiger partial charge in [-0.05, 0) is 64.0 Å². The van der Waals surface area contributed by atoms with Crippen LogP contribution in [0.2, 0.25) is 0 Å². The maximum Gasteiger partial charge on any atom is 0.264 e. The predicted octanol–water partition coefficient (Wildman–Crippen LogP) is 4.76. The van der Waals surface area contributed by atoms with Gasteiger partial charge in [-0.3, -0.25) is 4.31 Å². The molecule has 0 unspecified atom stereocenters. The number of aryl methyl sites for hydroxylation is 2. The highest BCUT2D eigenvalue weighted by atomic mass is 32.2. The minimum atomic E-state index is -3.79. The van der Waals surface area contributed by atoms with Crippen molar-refractivity contribution in [1.82, 2.24) is 4.90 Å². The smallest absolute Gasteiger partial charge is 0.264 e. The minimum Gasteiger partial charge on any atom is -0.390 e. The Bertz CT molecular complexity index is 872. The van der Waals surface area contributed by atoms with Gasteiger partial charge in [-0.15, -0.1) is 0 Å². The summed E-state index contributed by atoms with van der Waals surface area (Å²) in [5.41, 5.74) is 2.63. The molecule has 172 valence electrons. The van der Waals surface area contributed by atoms with Gasteiger partial charge in [0, 0.05) is 6.54 Å². The van der Waals surface area contributed by atoms with Crippen molar-refractivity contribution in [2.75, 3.05) is 30.5 Å². The van der Waals surface area contributed by atoms with Gasteiger partial charge in [0.15, 0.2) is 0 Å². The van der Waals surface area contributed by atoms with Gasteiger partial charge in [-0.1, -0.05) is 62.1 Å². The average Bonchev–Trinajstić information content (AvgIpc) is 2.75. The van der Waals surface area contributed by atoms with E-state index in [1.54, 1.807) is 36.4 Å².